The number of nitrogens with zero attached hydrogens (tertiary/aromatic N) is 2. The van der Waals surface area contributed by atoms with E-state index >= 15 is 0 Å². The molecule has 3 heterocycles. The van der Waals surface area contributed by atoms with Crippen molar-refractivity contribution in [2.24, 2.45) is 0 Å². The van der Waals surface area contributed by atoms with Crippen molar-refractivity contribution in [2.45, 2.75) is 31.7 Å². The molecule has 1 aliphatic heterocycles. The van der Waals surface area contributed by atoms with Gasteiger partial charge in [-0.05, 0) is 31.5 Å². The predicted octanol–water partition coefficient (Wildman–Crippen LogP) is 2.88. The molecule has 18 heavy (non-hydrogen) atoms. The molecule has 0 aliphatic carbocycles. The molecule has 96 valence electrons. The van der Waals surface area contributed by atoms with Gasteiger partial charge in [0.2, 0.25) is 0 Å². The highest BCUT2D eigenvalue weighted by molar-refractivity contribution is 5.72. The maximum atomic E-state index is 5.45. The van der Waals surface area contributed by atoms with Crippen molar-refractivity contribution in [1.29, 1.82) is 0 Å². The number of hydrogen-bond acceptors (Lipinski definition) is 4. The van der Waals surface area contributed by atoms with E-state index in [2.05, 4.69) is 21.5 Å². The molecule has 1 aliphatic rings. The van der Waals surface area contributed by atoms with Crippen molar-refractivity contribution in [3.63, 3.8) is 0 Å². The van der Waals surface area contributed by atoms with Gasteiger partial charge in [-0.1, -0.05) is 12.8 Å². The van der Waals surface area contributed by atoms with E-state index in [1.54, 1.807) is 6.26 Å². The van der Waals surface area contributed by atoms with Crippen LogP contribution in [-0.4, -0.2) is 23.6 Å². The summed E-state index contributed by atoms with van der Waals surface area (Å²) in [6.07, 6.45) is 8.70. The van der Waals surface area contributed by atoms with Crippen LogP contribution >= 0.6 is 0 Å². The maximum Gasteiger partial charge on any atom is 0.152 e. The number of aromatic nitrogens is 1. The molecular formula is C14H19N3O. The molecule has 4 nitrogen and oxygen atoms in total. The molecule has 0 spiro atoms. The quantitative estimate of drug-likeness (QED) is 0.883. The molecule has 2 aromatic heterocycles. The second-order valence-electron chi connectivity index (χ2n) is 4.85. The summed E-state index contributed by atoms with van der Waals surface area (Å²) in [6.45, 7) is 1.09. The lowest BCUT2D eigenvalue weighted by atomic mass is 10.0. The van der Waals surface area contributed by atoms with Gasteiger partial charge in [0, 0.05) is 18.8 Å². The first-order valence-corrected chi connectivity index (χ1v) is 6.65. The Balaban J connectivity index is 1.94. The van der Waals surface area contributed by atoms with Gasteiger partial charge in [0.05, 0.1) is 12.3 Å². The number of fused-ring (bicyclic) bond motifs is 1. The zero-order chi connectivity index (χ0) is 12.4. The number of hydrogen-bond donors (Lipinski definition) is 1. The largest absolute Gasteiger partial charge is 0.463 e. The van der Waals surface area contributed by atoms with E-state index in [9.17, 15) is 0 Å². The molecule has 0 bridgehead atoms. The predicted molar refractivity (Wildman–Crippen MR) is 71.0 cm³/mol. The SMILES string of the molecule is CNN1CCCCCC1c1cnc2ccoc2c1. The van der Waals surface area contributed by atoms with Gasteiger partial charge in [0.15, 0.2) is 5.58 Å². The molecule has 1 fully saturated rings. The summed E-state index contributed by atoms with van der Waals surface area (Å²) < 4.78 is 5.45. The smallest absolute Gasteiger partial charge is 0.152 e. The van der Waals surface area contributed by atoms with E-state index in [1.165, 1.54) is 31.2 Å². The van der Waals surface area contributed by atoms with E-state index < -0.39 is 0 Å². The van der Waals surface area contributed by atoms with E-state index in [1.807, 2.05) is 19.3 Å². The summed E-state index contributed by atoms with van der Waals surface area (Å²) in [5.41, 5.74) is 6.37. The standard InChI is InChI=1S/C14H19N3O/c1-15-17-7-4-2-3-5-13(17)11-9-14-12(16-10-11)6-8-18-14/h6,8-10,13,15H,2-5,7H2,1H3. The Morgan fingerprint density at radius 2 is 2.33 bits per heavy atom. The van der Waals surface area contributed by atoms with Crippen LogP contribution in [0.15, 0.2) is 29.0 Å². The summed E-state index contributed by atoms with van der Waals surface area (Å²) in [5.74, 6) is 0. The first-order chi connectivity index (χ1) is 8.88. The van der Waals surface area contributed by atoms with E-state index in [0.29, 0.717) is 6.04 Å². The average Bonchev–Trinajstić information content (AvgIpc) is 2.74. The first kappa shape index (κ1) is 11.7. The van der Waals surface area contributed by atoms with Crippen LogP contribution in [0.3, 0.4) is 0 Å². The third-order valence-corrected chi connectivity index (χ3v) is 3.75. The van der Waals surface area contributed by atoms with Gasteiger partial charge in [-0.2, -0.15) is 0 Å². The number of nitrogens with one attached hydrogen (secondary N) is 1. The van der Waals surface area contributed by atoms with Gasteiger partial charge >= 0.3 is 0 Å². The van der Waals surface area contributed by atoms with Gasteiger partial charge in [0.25, 0.3) is 0 Å². The van der Waals surface area contributed by atoms with Gasteiger partial charge in [-0.3, -0.25) is 10.4 Å². The Labute approximate surface area is 107 Å². The Hall–Kier alpha value is -1.39. The summed E-state index contributed by atoms with van der Waals surface area (Å²) in [7, 11) is 2.00. The number of pyridine rings is 1. The Morgan fingerprint density at radius 1 is 1.39 bits per heavy atom. The van der Waals surface area contributed by atoms with Gasteiger partial charge < -0.3 is 4.42 Å². The average molecular weight is 245 g/mol. The first-order valence-electron chi connectivity index (χ1n) is 6.65. The summed E-state index contributed by atoms with van der Waals surface area (Å²) in [6, 6.07) is 4.43. The van der Waals surface area contributed by atoms with Crippen LogP contribution in [0.25, 0.3) is 11.1 Å². The Kier molecular flexibility index (Phi) is 3.30. The molecule has 0 amide bonds. The minimum absolute atomic E-state index is 0.402. The lowest BCUT2D eigenvalue weighted by Crippen LogP contribution is -2.38. The summed E-state index contributed by atoms with van der Waals surface area (Å²) in [4.78, 5) is 4.47. The highest BCUT2D eigenvalue weighted by Crippen LogP contribution is 2.29. The molecular weight excluding hydrogens is 226 g/mol. The van der Waals surface area contributed by atoms with Crippen molar-refractivity contribution in [1.82, 2.24) is 15.4 Å². The summed E-state index contributed by atoms with van der Waals surface area (Å²) in [5, 5.41) is 2.32. The van der Waals surface area contributed by atoms with E-state index in [0.717, 1.165) is 17.6 Å². The third kappa shape index (κ3) is 2.13. The van der Waals surface area contributed by atoms with Crippen LogP contribution in [-0.2, 0) is 0 Å². The van der Waals surface area contributed by atoms with Crippen LogP contribution in [0.5, 0.6) is 0 Å². The molecule has 3 rings (SSSR count). The van der Waals surface area contributed by atoms with Crippen molar-refractivity contribution in [3.8, 4) is 0 Å². The van der Waals surface area contributed by atoms with E-state index in [4.69, 9.17) is 4.42 Å². The minimum atomic E-state index is 0.402. The molecule has 0 radical (unpaired) electrons. The van der Waals surface area contributed by atoms with Crippen molar-refractivity contribution < 1.29 is 4.42 Å². The van der Waals surface area contributed by atoms with Gasteiger partial charge in [0.1, 0.15) is 5.52 Å². The Morgan fingerprint density at radius 3 is 3.22 bits per heavy atom. The minimum Gasteiger partial charge on any atom is -0.463 e. The normalized spacial score (nSPS) is 22.2. The molecule has 2 aromatic rings. The molecule has 1 unspecified atom stereocenters. The van der Waals surface area contributed by atoms with Crippen molar-refractivity contribution in [3.05, 3.63) is 30.2 Å². The molecule has 0 aromatic carbocycles. The molecule has 4 heteroatoms. The third-order valence-electron chi connectivity index (χ3n) is 3.75. The second kappa shape index (κ2) is 5.08. The lowest BCUT2D eigenvalue weighted by molar-refractivity contribution is 0.142. The summed E-state index contributed by atoms with van der Waals surface area (Å²) >= 11 is 0. The molecule has 1 atom stereocenters. The van der Waals surface area contributed by atoms with Crippen LogP contribution in [0.4, 0.5) is 0 Å². The van der Waals surface area contributed by atoms with Crippen LogP contribution < -0.4 is 5.43 Å². The fourth-order valence-corrected chi connectivity index (χ4v) is 2.77. The van der Waals surface area contributed by atoms with Gasteiger partial charge in [-0.15, -0.1) is 0 Å². The van der Waals surface area contributed by atoms with E-state index in [-0.39, 0.29) is 0 Å². The number of hydrazine groups is 1. The van der Waals surface area contributed by atoms with Crippen LogP contribution in [0.1, 0.15) is 37.3 Å². The topological polar surface area (TPSA) is 41.3 Å². The molecule has 1 N–H and O–H groups in total. The highest BCUT2D eigenvalue weighted by atomic mass is 16.3. The second-order valence-corrected chi connectivity index (χ2v) is 4.85. The molecule has 0 saturated carbocycles. The zero-order valence-electron chi connectivity index (χ0n) is 10.7. The Bertz CT molecular complexity index is 522. The number of rotatable bonds is 2. The number of furan rings is 1. The van der Waals surface area contributed by atoms with Crippen molar-refractivity contribution in [2.75, 3.05) is 13.6 Å². The fraction of sp³-hybridized carbons (Fsp3) is 0.500. The maximum absolute atomic E-state index is 5.45. The van der Waals surface area contributed by atoms with Crippen LogP contribution in [0.2, 0.25) is 0 Å². The zero-order valence-corrected chi connectivity index (χ0v) is 10.7. The van der Waals surface area contributed by atoms with Crippen molar-refractivity contribution >= 4 is 11.1 Å². The van der Waals surface area contributed by atoms with Gasteiger partial charge in [-0.25, -0.2) is 5.01 Å². The fourth-order valence-electron chi connectivity index (χ4n) is 2.77. The monoisotopic (exact) mass is 245 g/mol. The van der Waals surface area contributed by atoms with Crippen LogP contribution in [0, 0.1) is 0 Å². The highest BCUT2D eigenvalue weighted by Gasteiger charge is 2.22. The lowest BCUT2D eigenvalue weighted by Gasteiger charge is -2.28. The molecule has 1 saturated heterocycles.